The zero-order valence-electron chi connectivity index (χ0n) is 19.8. The van der Waals surface area contributed by atoms with E-state index in [9.17, 15) is 9.50 Å². The Kier molecular flexibility index (Phi) is 5.72. The summed E-state index contributed by atoms with van der Waals surface area (Å²) in [5, 5.41) is 23.5. The SMILES string of the molecule is CSc1ncc(-c2ccc(-c3ncc(N(C)[C@H]4C[C@]5(C)CC[C@](C)(C4)N5)nn3)c(O)c2)cc1F. The fourth-order valence-corrected chi connectivity index (χ4v) is 5.88. The molecule has 2 N–H and O–H groups in total. The topological polar surface area (TPSA) is 87.1 Å². The van der Waals surface area contributed by atoms with E-state index in [2.05, 4.69) is 51.3 Å². The third-order valence-electron chi connectivity index (χ3n) is 7.24. The molecule has 3 atom stereocenters. The van der Waals surface area contributed by atoms with Crippen molar-refractivity contribution in [3.63, 3.8) is 0 Å². The number of anilines is 1. The average Bonchev–Trinajstić information content (AvgIpc) is 3.05. The number of aromatic nitrogens is 4. The maximum atomic E-state index is 14.1. The van der Waals surface area contributed by atoms with Crippen molar-refractivity contribution < 1.29 is 9.50 Å². The number of hydrogen-bond donors (Lipinski definition) is 2. The number of rotatable bonds is 5. The van der Waals surface area contributed by atoms with Crippen LogP contribution in [0.15, 0.2) is 41.7 Å². The Bertz CT molecular complexity index is 1210. The van der Waals surface area contributed by atoms with Gasteiger partial charge in [-0.3, -0.25) is 0 Å². The Morgan fingerprint density at radius 3 is 2.38 bits per heavy atom. The number of nitrogens with one attached hydrogen (secondary N) is 1. The van der Waals surface area contributed by atoms with Crippen molar-refractivity contribution in [2.45, 2.75) is 61.7 Å². The highest BCUT2D eigenvalue weighted by Gasteiger charge is 2.49. The standard InChI is InChI=1S/C25H29FN6OS/c1-24-7-8-25(2,31-24)12-17(11-24)32(3)21-14-27-22(30-29-21)18-6-5-15(10-20(18)33)16-9-19(26)23(34-4)28-13-16/h5-6,9-10,13-14,17,31,33H,7-8,11-12H2,1-4H3/t17-,24-,25+. The van der Waals surface area contributed by atoms with Gasteiger partial charge in [-0.1, -0.05) is 6.07 Å². The van der Waals surface area contributed by atoms with Crippen molar-refractivity contribution in [3.05, 3.63) is 42.5 Å². The third kappa shape index (κ3) is 4.22. The molecular weight excluding hydrogens is 451 g/mol. The van der Waals surface area contributed by atoms with E-state index in [1.54, 1.807) is 36.8 Å². The molecule has 2 aromatic heterocycles. The molecule has 0 amide bonds. The van der Waals surface area contributed by atoms with Crippen molar-refractivity contribution in [3.8, 4) is 28.3 Å². The number of phenols is 1. The summed E-state index contributed by atoms with van der Waals surface area (Å²) < 4.78 is 14.1. The molecular formula is C25H29FN6OS. The number of thioether (sulfide) groups is 1. The van der Waals surface area contributed by atoms with Gasteiger partial charge in [-0.2, -0.15) is 0 Å². The van der Waals surface area contributed by atoms with Gasteiger partial charge in [0.1, 0.15) is 10.8 Å². The predicted octanol–water partition coefficient (Wildman–Crippen LogP) is 4.67. The minimum absolute atomic E-state index is 0.00513. The second-order valence-corrected chi connectivity index (χ2v) is 10.8. The summed E-state index contributed by atoms with van der Waals surface area (Å²) in [5.74, 6) is 0.678. The van der Waals surface area contributed by atoms with Gasteiger partial charge in [0.05, 0.1) is 11.8 Å². The normalized spacial score (nSPS) is 26.0. The third-order valence-corrected chi connectivity index (χ3v) is 7.92. The summed E-state index contributed by atoms with van der Waals surface area (Å²) in [6.07, 6.45) is 9.58. The first kappa shape index (κ1) is 23.0. The van der Waals surface area contributed by atoms with E-state index in [4.69, 9.17) is 0 Å². The highest BCUT2D eigenvalue weighted by atomic mass is 32.2. The van der Waals surface area contributed by atoms with Gasteiger partial charge in [0.2, 0.25) is 0 Å². The molecule has 2 saturated heterocycles. The van der Waals surface area contributed by atoms with Gasteiger partial charge in [0, 0.05) is 35.9 Å². The second-order valence-electron chi connectivity index (χ2n) is 10.0. The van der Waals surface area contributed by atoms with E-state index in [-0.39, 0.29) is 22.6 Å². The van der Waals surface area contributed by atoms with Gasteiger partial charge in [0.15, 0.2) is 17.5 Å². The first-order chi connectivity index (χ1) is 16.2. The Hall–Kier alpha value is -2.78. The second kappa shape index (κ2) is 8.46. The number of fused-ring (bicyclic) bond motifs is 2. The van der Waals surface area contributed by atoms with Crippen LogP contribution >= 0.6 is 11.8 Å². The van der Waals surface area contributed by atoms with Crippen LogP contribution < -0.4 is 10.2 Å². The van der Waals surface area contributed by atoms with Crippen molar-refractivity contribution >= 4 is 17.6 Å². The van der Waals surface area contributed by atoms with Crippen LogP contribution in [0.4, 0.5) is 10.2 Å². The van der Waals surface area contributed by atoms with Gasteiger partial charge in [0.25, 0.3) is 0 Å². The van der Waals surface area contributed by atoms with Crippen LogP contribution in [-0.4, -0.2) is 55.7 Å². The molecule has 9 heteroatoms. The Labute approximate surface area is 203 Å². The van der Waals surface area contributed by atoms with Crippen molar-refractivity contribution in [2.75, 3.05) is 18.2 Å². The summed E-state index contributed by atoms with van der Waals surface area (Å²) in [7, 11) is 2.05. The lowest BCUT2D eigenvalue weighted by atomic mass is 9.84. The predicted molar refractivity (Wildman–Crippen MR) is 133 cm³/mol. The van der Waals surface area contributed by atoms with Crippen LogP contribution in [0.25, 0.3) is 22.5 Å². The lowest BCUT2D eigenvalue weighted by Gasteiger charge is -2.45. The van der Waals surface area contributed by atoms with Crippen molar-refractivity contribution in [2.24, 2.45) is 0 Å². The van der Waals surface area contributed by atoms with E-state index in [0.29, 0.717) is 39.4 Å². The number of phenolic OH excluding ortho intramolecular Hbond substituents is 1. The van der Waals surface area contributed by atoms with Gasteiger partial charge >= 0.3 is 0 Å². The van der Waals surface area contributed by atoms with Crippen LogP contribution in [0.3, 0.4) is 0 Å². The molecule has 2 aliphatic rings. The lowest BCUT2D eigenvalue weighted by molar-refractivity contribution is 0.207. The number of halogens is 1. The van der Waals surface area contributed by atoms with E-state index in [1.807, 2.05) is 0 Å². The summed E-state index contributed by atoms with van der Waals surface area (Å²) in [4.78, 5) is 10.8. The zero-order chi connectivity index (χ0) is 24.1. The molecule has 2 fully saturated rings. The molecule has 0 unspecified atom stereocenters. The molecule has 0 aliphatic carbocycles. The minimum atomic E-state index is -0.384. The maximum absolute atomic E-state index is 14.1. The maximum Gasteiger partial charge on any atom is 0.185 e. The highest BCUT2D eigenvalue weighted by Crippen LogP contribution is 2.43. The highest BCUT2D eigenvalue weighted by molar-refractivity contribution is 7.98. The summed E-state index contributed by atoms with van der Waals surface area (Å²) in [6, 6.07) is 6.86. The van der Waals surface area contributed by atoms with Crippen molar-refractivity contribution in [1.82, 2.24) is 25.5 Å². The fraction of sp³-hybridized carbons (Fsp3) is 0.440. The van der Waals surface area contributed by atoms with Gasteiger partial charge in [-0.15, -0.1) is 22.0 Å². The Morgan fingerprint density at radius 2 is 1.79 bits per heavy atom. The quantitative estimate of drug-likeness (QED) is 0.510. The lowest BCUT2D eigenvalue weighted by Crippen LogP contribution is -2.58. The van der Waals surface area contributed by atoms with Crippen LogP contribution in [-0.2, 0) is 0 Å². The average molecular weight is 481 g/mol. The largest absolute Gasteiger partial charge is 0.507 e. The molecule has 4 heterocycles. The first-order valence-corrected chi connectivity index (χ1v) is 12.7. The van der Waals surface area contributed by atoms with E-state index >= 15 is 0 Å². The molecule has 2 aliphatic heterocycles. The zero-order valence-corrected chi connectivity index (χ0v) is 20.7. The smallest absolute Gasteiger partial charge is 0.185 e. The molecule has 0 saturated carbocycles. The molecule has 3 aromatic rings. The van der Waals surface area contributed by atoms with Gasteiger partial charge < -0.3 is 15.3 Å². The molecule has 2 bridgehead atoms. The van der Waals surface area contributed by atoms with Gasteiger partial charge in [-0.05, 0) is 69.5 Å². The molecule has 1 aromatic carbocycles. The Morgan fingerprint density at radius 1 is 1.06 bits per heavy atom. The summed E-state index contributed by atoms with van der Waals surface area (Å²) in [5.41, 5.74) is 2.04. The molecule has 0 radical (unpaired) electrons. The number of aromatic hydroxyl groups is 1. The number of nitrogens with zero attached hydrogens (tertiary/aromatic N) is 5. The Balaban J connectivity index is 1.35. The number of pyridine rings is 1. The van der Waals surface area contributed by atoms with Crippen LogP contribution in [0.2, 0.25) is 0 Å². The fourth-order valence-electron chi connectivity index (χ4n) is 5.47. The summed E-state index contributed by atoms with van der Waals surface area (Å²) in [6.45, 7) is 4.61. The molecule has 34 heavy (non-hydrogen) atoms. The molecule has 7 nitrogen and oxygen atoms in total. The van der Waals surface area contributed by atoms with E-state index < -0.39 is 0 Å². The van der Waals surface area contributed by atoms with Gasteiger partial charge in [-0.25, -0.2) is 14.4 Å². The van der Waals surface area contributed by atoms with E-state index in [1.165, 1.54) is 30.7 Å². The minimum Gasteiger partial charge on any atom is -0.507 e. The summed E-state index contributed by atoms with van der Waals surface area (Å²) >= 11 is 1.25. The molecule has 0 spiro atoms. The monoisotopic (exact) mass is 480 g/mol. The first-order valence-electron chi connectivity index (χ1n) is 11.4. The van der Waals surface area contributed by atoms with Crippen molar-refractivity contribution in [1.29, 1.82) is 0 Å². The number of hydrogen-bond acceptors (Lipinski definition) is 8. The molecule has 178 valence electrons. The molecule has 5 rings (SSSR count). The van der Waals surface area contributed by atoms with Crippen LogP contribution in [0, 0.1) is 5.82 Å². The van der Waals surface area contributed by atoms with Crippen LogP contribution in [0.1, 0.15) is 39.5 Å². The van der Waals surface area contributed by atoms with Crippen LogP contribution in [0.5, 0.6) is 5.75 Å². The number of benzene rings is 1. The van der Waals surface area contributed by atoms with E-state index in [0.717, 1.165) is 12.8 Å². The number of piperidine rings is 1.